The summed E-state index contributed by atoms with van der Waals surface area (Å²) in [6.45, 7) is 0. The molecule has 9 aromatic rings. The van der Waals surface area contributed by atoms with Crippen LogP contribution >= 0.6 is 0 Å². The van der Waals surface area contributed by atoms with Crippen LogP contribution in [0, 0.1) is 0 Å². The Morgan fingerprint density at radius 1 is 0.476 bits per heavy atom. The monoisotopic (exact) mass is 538 g/mol. The van der Waals surface area contributed by atoms with Crippen LogP contribution in [0.5, 0.6) is 0 Å². The van der Waals surface area contributed by atoms with E-state index in [1.807, 2.05) is 60.7 Å². The first kappa shape index (κ1) is 22.9. The Kier molecular flexibility index (Phi) is 4.83. The van der Waals surface area contributed by atoms with E-state index < -0.39 is 0 Å². The number of fused-ring (bicyclic) bond motifs is 8. The Labute approximate surface area is 240 Å². The van der Waals surface area contributed by atoms with E-state index in [4.69, 9.17) is 19.4 Å². The Morgan fingerprint density at radius 2 is 1.19 bits per heavy atom. The van der Waals surface area contributed by atoms with Gasteiger partial charge in [0.15, 0.2) is 11.6 Å². The van der Waals surface area contributed by atoms with Gasteiger partial charge in [-0.1, -0.05) is 115 Å². The summed E-state index contributed by atoms with van der Waals surface area (Å²) in [5.41, 5.74) is 5.48. The topological polar surface area (TPSA) is 56.7 Å². The average molecular weight is 539 g/mol. The number of para-hydroxylation sites is 3. The van der Waals surface area contributed by atoms with Crippen molar-refractivity contribution in [1.29, 1.82) is 0 Å². The zero-order chi connectivity index (χ0) is 27.6. The van der Waals surface area contributed by atoms with Gasteiger partial charge >= 0.3 is 0 Å². The van der Waals surface area contributed by atoms with Gasteiger partial charge in [-0.3, -0.25) is 4.57 Å². The van der Waals surface area contributed by atoms with Crippen molar-refractivity contribution < 1.29 is 4.42 Å². The molecule has 0 bridgehead atoms. The summed E-state index contributed by atoms with van der Waals surface area (Å²) in [6.07, 6.45) is 0. The highest BCUT2D eigenvalue weighted by Gasteiger charge is 2.21. The lowest BCUT2D eigenvalue weighted by Crippen LogP contribution is -2.06. The van der Waals surface area contributed by atoms with Crippen LogP contribution in [-0.2, 0) is 0 Å². The predicted molar refractivity (Wildman–Crippen MR) is 170 cm³/mol. The van der Waals surface area contributed by atoms with Gasteiger partial charge in [-0.25, -0.2) is 4.98 Å². The summed E-state index contributed by atoms with van der Waals surface area (Å²) in [5, 5.41) is 6.73. The lowest BCUT2D eigenvalue weighted by atomic mass is 10.1. The highest BCUT2D eigenvalue weighted by Crippen LogP contribution is 2.38. The van der Waals surface area contributed by atoms with E-state index in [9.17, 15) is 0 Å². The summed E-state index contributed by atoms with van der Waals surface area (Å²) >= 11 is 0. The molecule has 196 valence electrons. The third kappa shape index (κ3) is 3.34. The molecule has 0 N–H and O–H groups in total. The van der Waals surface area contributed by atoms with Crippen molar-refractivity contribution in [3.63, 3.8) is 0 Å². The second kappa shape index (κ2) is 8.85. The second-order valence-corrected chi connectivity index (χ2v) is 10.5. The van der Waals surface area contributed by atoms with Crippen molar-refractivity contribution in [3.05, 3.63) is 133 Å². The SMILES string of the molecule is c1ccc(-c2nc(-c3cccc4c3oc3ccccc34)nc(-n3c4ccccc4c4ccc5ccccc5c43)n2)cc1. The molecule has 3 aromatic heterocycles. The van der Waals surface area contributed by atoms with Crippen molar-refractivity contribution >= 4 is 54.5 Å². The van der Waals surface area contributed by atoms with E-state index in [0.717, 1.165) is 60.3 Å². The number of furan rings is 1. The van der Waals surface area contributed by atoms with Gasteiger partial charge in [-0.05, 0) is 23.6 Å². The highest BCUT2D eigenvalue weighted by atomic mass is 16.3. The first-order valence-corrected chi connectivity index (χ1v) is 14.0. The molecule has 0 aliphatic heterocycles. The van der Waals surface area contributed by atoms with Gasteiger partial charge < -0.3 is 4.42 Å². The molecule has 0 spiro atoms. The van der Waals surface area contributed by atoms with Gasteiger partial charge in [0, 0.05) is 32.5 Å². The average Bonchev–Trinajstić information content (AvgIpc) is 3.61. The van der Waals surface area contributed by atoms with Crippen LogP contribution in [0.15, 0.2) is 138 Å². The van der Waals surface area contributed by atoms with Gasteiger partial charge in [0.25, 0.3) is 0 Å². The molecule has 5 nitrogen and oxygen atoms in total. The second-order valence-electron chi connectivity index (χ2n) is 10.5. The fourth-order valence-corrected chi connectivity index (χ4v) is 6.16. The number of hydrogen-bond donors (Lipinski definition) is 0. The van der Waals surface area contributed by atoms with E-state index >= 15 is 0 Å². The molecule has 0 unspecified atom stereocenters. The molecule has 42 heavy (non-hydrogen) atoms. The number of nitrogens with zero attached hydrogens (tertiary/aromatic N) is 4. The van der Waals surface area contributed by atoms with E-state index in [1.165, 1.54) is 5.39 Å². The smallest absolute Gasteiger partial charge is 0.238 e. The Morgan fingerprint density at radius 3 is 2.10 bits per heavy atom. The molecular weight excluding hydrogens is 516 g/mol. The molecule has 0 amide bonds. The Hall–Kier alpha value is -5.81. The van der Waals surface area contributed by atoms with Crippen molar-refractivity contribution in [3.8, 4) is 28.7 Å². The molecule has 0 radical (unpaired) electrons. The van der Waals surface area contributed by atoms with E-state index in [1.54, 1.807) is 0 Å². The number of aromatic nitrogens is 4. The van der Waals surface area contributed by atoms with E-state index in [0.29, 0.717) is 17.6 Å². The molecule has 0 atom stereocenters. The van der Waals surface area contributed by atoms with Crippen LogP contribution in [0.3, 0.4) is 0 Å². The first-order valence-electron chi connectivity index (χ1n) is 14.0. The maximum Gasteiger partial charge on any atom is 0.238 e. The molecule has 5 heteroatoms. The van der Waals surface area contributed by atoms with Gasteiger partial charge in [0.2, 0.25) is 5.95 Å². The quantitative estimate of drug-likeness (QED) is 0.225. The molecule has 3 heterocycles. The van der Waals surface area contributed by atoms with Crippen molar-refractivity contribution in [1.82, 2.24) is 19.5 Å². The van der Waals surface area contributed by atoms with Gasteiger partial charge in [0.1, 0.15) is 11.2 Å². The molecule has 0 aliphatic carbocycles. The van der Waals surface area contributed by atoms with Crippen molar-refractivity contribution in [2.45, 2.75) is 0 Å². The minimum absolute atomic E-state index is 0.564. The molecule has 0 saturated carbocycles. The number of rotatable bonds is 3. The van der Waals surface area contributed by atoms with Gasteiger partial charge in [0.05, 0.1) is 16.6 Å². The van der Waals surface area contributed by atoms with Crippen LogP contribution in [-0.4, -0.2) is 19.5 Å². The molecule has 0 aliphatic rings. The normalized spacial score (nSPS) is 11.8. The van der Waals surface area contributed by atoms with Crippen LogP contribution in [0.1, 0.15) is 0 Å². The Balaban J connectivity index is 1.41. The van der Waals surface area contributed by atoms with Crippen LogP contribution in [0.25, 0.3) is 83.2 Å². The minimum atomic E-state index is 0.564. The molecule has 9 rings (SSSR count). The Bertz CT molecular complexity index is 2470. The summed E-state index contributed by atoms with van der Waals surface area (Å²) in [4.78, 5) is 15.3. The maximum atomic E-state index is 6.41. The van der Waals surface area contributed by atoms with E-state index in [-0.39, 0.29) is 0 Å². The fraction of sp³-hybridized carbons (Fsp3) is 0. The first-order chi connectivity index (χ1) is 20.8. The fourth-order valence-electron chi connectivity index (χ4n) is 6.16. The highest BCUT2D eigenvalue weighted by molar-refractivity contribution is 6.18. The summed E-state index contributed by atoms with van der Waals surface area (Å²) in [7, 11) is 0. The third-order valence-corrected chi connectivity index (χ3v) is 8.06. The maximum absolute atomic E-state index is 6.41. The lowest BCUT2D eigenvalue weighted by molar-refractivity contribution is 0.669. The van der Waals surface area contributed by atoms with Gasteiger partial charge in [-0.2, -0.15) is 9.97 Å². The lowest BCUT2D eigenvalue weighted by Gasteiger charge is -2.12. The van der Waals surface area contributed by atoms with E-state index in [2.05, 4.69) is 77.4 Å². The van der Waals surface area contributed by atoms with Crippen LogP contribution in [0.2, 0.25) is 0 Å². The zero-order valence-electron chi connectivity index (χ0n) is 22.4. The minimum Gasteiger partial charge on any atom is -0.455 e. The van der Waals surface area contributed by atoms with Crippen LogP contribution in [0.4, 0.5) is 0 Å². The molecule has 6 aromatic carbocycles. The molecular formula is C37H22N4O. The van der Waals surface area contributed by atoms with Crippen molar-refractivity contribution in [2.24, 2.45) is 0 Å². The summed E-state index contributed by atoms with van der Waals surface area (Å²) in [5.74, 6) is 1.74. The zero-order valence-corrected chi connectivity index (χ0v) is 22.4. The predicted octanol–water partition coefficient (Wildman–Crippen LogP) is 9.36. The largest absolute Gasteiger partial charge is 0.455 e. The van der Waals surface area contributed by atoms with Crippen LogP contribution < -0.4 is 0 Å². The molecule has 0 saturated heterocycles. The summed E-state index contributed by atoms with van der Waals surface area (Å²) in [6, 6.07) is 45.6. The van der Waals surface area contributed by atoms with Gasteiger partial charge in [-0.15, -0.1) is 0 Å². The number of hydrogen-bond acceptors (Lipinski definition) is 4. The summed E-state index contributed by atoms with van der Waals surface area (Å²) < 4.78 is 8.59. The third-order valence-electron chi connectivity index (χ3n) is 8.06. The number of benzene rings is 6. The molecule has 0 fully saturated rings. The standard InChI is InChI=1S/C37H22N4O/c1-2-12-24(13-3-1)35-38-36(30-18-10-17-29-27-16-7-9-20-32(27)42-34(29)30)40-37(39-35)41-31-19-8-6-15-26(31)28-22-21-23-11-4-5-14-25(23)33(28)41/h1-22H. The van der Waals surface area contributed by atoms with Crippen molar-refractivity contribution in [2.75, 3.05) is 0 Å².